The molecule has 1 aliphatic carbocycles. The highest BCUT2D eigenvalue weighted by molar-refractivity contribution is 6.30. The van der Waals surface area contributed by atoms with Crippen molar-refractivity contribution in [3.05, 3.63) is 106 Å². The van der Waals surface area contributed by atoms with Crippen LogP contribution in [0.15, 0.2) is 72.8 Å². The Labute approximate surface area is 166 Å². The first-order chi connectivity index (χ1) is 13.0. The molecule has 0 aromatic heterocycles. The van der Waals surface area contributed by atoms with Crippen LogP contribution in [0.2, 0.25) is 5.02 Å². The van der Waals surface area contributed by atoms with Gasteiger partial charge >= 0.3 is 0 Å². The van der Waals surface area contributed by atoms with E-state index in [0.29, 0.717) is 5.92 Å². The predicted octanol–water partition coefficient (Wildman–Crippen LogP) is 6.15. The normalized spacial score (nSPS) is 27.9. The number of halogens is 1. The lowest BCUT2D eigenvalue weighted by molar-refractivity contribution is 0.228. The van der Waals surface area contributed by atoms with Crippen molar-refractivity contribution in [1.29, 1.82) is 0 Å². The average Bonchev–Trinajstić information content (AvgIpc) is 2.90. The van der Waals surface area contributed by atoms with Crippen molar-refractivity contribution in [3.63, 3.8) is 0 Å². The van der Waals surface area contributed by atoms with Crippen LogP contribution in [0.4, 0.5) is 0 Å². The predicted molar refractivity (Wildman–Crippen MR) is 112 cm³/mol. The Morgan fingerprint density at radius 1 is 0.815 bits per heavy atom. The van der Waals surface area contributed by atoms with Gasteiger partial charge in [-0.15, -0.1) is 0 Å². The van der Waals surface area contributed by atoms with E-state index in [9.17, 15) is 0 Å². The number of hydrogen-bond donors (Lipinski definition) is 1. The van der Waals surface area contributed by atoms with E-state index in [0.717, 1.165) is 17.9 Å². The van der Waals surface area contributed by atoms with Crippen molar-refractivity contribution in [2.75, 3.05) is 0 Å². The number of fused-ring (bicyclic) bond motifs is 2. The number of hydrogen-bond acceptors (Lipinski definition) is 1. The largest absolute Gasteiger partial charge is 0.294 e. The zero-order valence-corrected chi connectivity index (χ0v) is 16.6. The SMILES string of the molecule is CC12NC(C)(c3ccccc31)C(CCc1ccc(Cl)cc1)c1ccccc12. The molecule has 0 fully saturated rings. The first kappa shape index (κ1) is 17.0. The smallest absolute Gasteiger partial charge is 0.0675 e. The minimum Gasteiger partial charge on any atom is -0.294 e. The Hall–Kier alpha value is -2.09. The Balaban J connectivity index is 1.61. The Morgan fingerprint density at radius 3 is 2.19 bits per heavy atom. The summed E-state index contributed by atoms with van der Waals surface area (Å²) in [6.45, 7) is 4.73. The van der Waals surface area contributed by atoms with E-state index in [1.54, 1.807) is 0 Å². The maximum atomic E-state index is 6.06. The van der Waals surface area contributed by atoms with Gasteiger partial charge in [-0.25, -0.2) is 0 Å². The van der Waals surface area contributed by atoms with Crippen LogP contribution >= 0.6 is 11.6 Å². The minimum atomic E-state index is -0.112. The summed E-state index contributed by atoms with van der Waals surface area (Å²) in [5, 5.41) is 4.84. The van der Waals surface area contributed by atoms with Crippen LogP contribution in [0.1, 0.15) is 54.0 Å². The molecule has 3 atom stereocenters. The summed E-state index contributed by atoms with van der Waals surface area (Å²) in [6.07, 6.45) is 2.15. The molecule has 5 rings (SSSR count). The summed E-state index contributed by atoms with van der Waals surface area (Å²) in [4.78, 5) is 0. The second-order valence-electron chi connectivity index (χ2n) is 8.30. The Kier molecular flexibility index (Phi) is 3.76. The lowest BCUT2D eigenvalue weighted by Crippen LogP contribution is -2.52. The minimum absolute atomic E-state index is 0.0495. The fraction of sp³-hybridized carbons (Fsp3) is 0.280. The summed E-state index contributed by atoms with van der Waals surface area (Å²) in [6, 6.07) is 26.3. The van der Waals surface area contributed by atoms with Crippen molar-refractivity contribution in [3.8, 4) is 0 Å². The second-order valence-corrected chi connectivity index (χ2v) is 8.74. The van der Waals surface area contributed by atoms with E-state index in [4.69, 9.17) is 11.6 Å². The van der Waals surface area contributed by atoms with Gasteiger partial charge in [0.05, 0.1) is 5.54 Å². The van der Waals surface area contributed by atoms with Gasteiger partial charge in [0.15, 0.2) is 0 Å². The maximum Gasteiger partial charge on any atom is 0.0675 e. The molecule has 1 nitrogen and oxygen atoms in total. The van der Waals surface area contributed by atoms with Crippen LogP contribution in [0.3, 0.4) is 0 Å². The number of benzene rings is 3. The third kappa shape index (κ3) is 2.42. The maximum absolute atomic E-state index is 6.06. The van der Waals surface area contributed by atoms with Gasteiger partial charge in [-0.3, -0.25) is 5.32 Å². The van der Waals surface area contributed by atoms with Gasteiger partial charge < -0.3 is 0 Å². The van der Waals surface area contributed by atoms with E-state index in [-0.39, 0.29) is 11.1 Å². The molecule has 27 heavy (non-hydrogen) atoms. The molecule has 3 aromatic carbocycles. The fourth-order valence-electron chi connectivity index (χ4n) is 5.49. The highest BCUT2D eigenvalue weighted by atomic mass is 35.5. The summed E-state index contributed by atoms with van der Waals surface area (Å²) < 4.78 is 0. The third-order valence-corrected chi connectivity index (χ3v) is 6.99. The molecular weight excluding hydrogens is 350 g/mol. The zero-order valence-electron chi connectivity index (χ0n) is 15.8. The van der Waals surface area contributed by atoms with Gasteiger partial charge in [-0.05, 0) is 66.6 Å². The van der Waals surface area contributed by atoms with Crippen LogP contribution in [0.25, 0.3) is 0 Å². The number of aryl methyl sites for hydroxylation is 1. The van der Waals surface area contributed by atoms with Gasteiger partial charge in [0, 0.05) is 16.5 Å². The molecule has 2 bridgehead atoms. The van der Waals surface area contributed by atoms with Crippen LogP contribution in [0, 0.1) is 0 Å². The van der Waals surface area contributed by atoms with E-state index in [1.165, 1.54) is 27.8 Å². The molecule has 136 valence electrons. The van der Waals surface area contributed by atoms with E-state index < -0.39 is 0 Å². The fourth-order valence-corrected chi connectivity index (χ4v) is 5.61. The molecule has 1 heterocycles. The molecule has 1 aliphatic heterocycles. The molecule has 0 saturated carbocycles. The second kappa shape index (κ2) is 5.95. The van der Waals surface area contributed by atoms with E-state index >= 15 is 0 Å². The zero-order chi connectivity index (χ0) is 18.6. The van der Waals surface area contributed by atoms with Crippen molar-refractivity contribution in [2.24, 2.45) is 0 Å². The summed E-state index contributed by atoms with van der Waals surface area (Å²) in [5.41, 5.74) is 6.98. The van der Waals surface area contributed by atoms with Crippen LogP contribution < -0.4 is 5.32 Å². The van der Waals surface area contributed by atoms with Gasteiger partial charge in [-0.1, -0.05) is 72.3 Å². The topological polar surface area (TPSA) is 12.0 Å². The van der Waals surface area contributed by atoms with Crippen LogP contribution in [-0.2, 0) is 17.5 Å². The molecular formula is C25H24ClN. The van der Waals surface area contributed by atoms with Gasteiger partial charge in [0.25, 0.3) is 0 Å². The van der Waals surface area contributed by atoms with Crippen molar-refractivity contribution in [1.82, 2.24) is 5.32 Å². The van der Waals surface area contributed by atoms with E-state index in [2.05, 4.69) is 79.8 Å². The van der Waals surface area contributed by atoms with Gasteiger partial charge in [0.2, 0.25) is 0 Å². The molecule has 2 aliphatic rings. The highest BCUT2D eigenvalue weighted by Gasteiger charge is 2.55. The lowest BCUT2D eigenvalue weighted by atomic mass is 9.70. The van der Waals surface area contributed by atoms with Crippen molar-refractivity contribution < 1.29 is 0 Å². The third-order valence-electron chi connectivity index (χ3n) is 6.74. The summed E-state index contributed by atoms with van der Waals surface area (Å²) in [7, 11) is 0. The monoisotopic (exact) mass is 373 g/mol. The van der Waals surface area contributed by atoms with Crippen molar-refractivity contribution in [2.45, 2.75) is 43.7 Å². The first-order valence-corrected chi connectivity index (χ1v) is 10.1. The molecule has 0 radical (unpaired) electrons. The molecule has 2 heteroatoms. The molecule has 0 spiro atoms. The summed E-state index contributed by atoms with van der Waals surface area (Å²) in [5.74, 6) is 0.432. The van der Waals surface area contributed by atoms with Crippen molar-refractivity contribution >= 4 is 11.6 Å². The van der Waals surface area contributed by atoms with Gasteiger partial charge in [0.1, 0.15) is 0 Å². The number of nitrogens with one attached hydrogen (secondary N) is 1. The number of rotatable bonds is 3. The molecule has 1 N–H and O–H groups in total. The van der Waals surface area contributed by atoms with E-state index in [1.807, 2.05) is 12.1 Å². The highest BCUT2D eigenvalue weighted by Crippen LogP contribution is 2.57. The van der Waals surface area contributed by atoms with Crippen LogP contribution in [0.5, 0.6) is 0 Å². The molecule has 0 amide bonds. The summed E-state index contributed by atoms with van der Waals surface area (Å²) >= 11 is 6.06. The Morgan fingerprint density at radius 2 is 1.44 bits per heavy atom. The lowest BCUT2D eigenvalue weighted by Gasteiger charge is -2.45. The van der Waals surface area contributed by atoms with Crippen LogP contribution in [-0.4, -0.2) is 0 Å². The van der Waals surface area contributed by atoms with Gasteiger partial charge in [-0.2, -0.15) is 0 Å². The quantitative estimate of drug-likeness (QED) is 0.580. The molecule has 0 saturated heterocycles. The molecule has 3 aromatic rings. The Bertz CT molecular complexity index is 1010. The molecule has 3 unspecified atom stereocenters. The first-order valence-electron chi connectivity index (χ1n) is 9.75. The standard InChI is InChI=1S/C25H24ClN/c1-24-20-8-4-3-7-19(20)21(16-13-17-11-14-18(26)15-12-17)25(2,27-24)23-10-6-5-9-22(23)24/h3-12,14-15,21,27H,13,16H2,1-2H3. The average molecular weight is 374 g/mol.